The minimum Gasteiger partial charge on any atom is -0.359 e. The molecule has 0 aromatic rings. The number of halogens is 2. The van der Waals surface area contributed by atoms with Crippen molar-refractivity contribution in [3.8, 4) is 0 Å². The third kappa shape index (κ3) is 0.567. The average Bonchev–Trinajstić information content (AvgIpc) is 2.71. The van der Waals surface area contributed by atoms with E-state index in [1.54, 1.807) is 0 Å². The third-order valence-corrected chi connectivity index (χ3v) is 8.18. The van der Waals surface area contributed by atoms with E-state index in [1.807, 2.05) is 13.8 Å². The van der Waals surface area contributed by atoms with E-state index in [9.17, 15) is 9.59 Å². The minimum atomic E-state index is -0.951. The number of likely N-dealkylation sites (tertiary alicyclic amines) is 1. The number of imide groups is 1. The van der Waals surface area contributed by atoms with Crippen molar-refractivity contribution >= 4 is 43.7 Å². The molecule has 15 heavy (non-hydrogen) atoms. The van der Waals surface area contributed by atoms with E-state index in [-0.39, 0.29) is 11.8 Å². The van der Waals surface area contributed by atoms with Crippen LogP contribution in [-0.4, -0.2) is 43.6 Å². The molecule has 2 unspecified atom stereocenters. The van der Waals surface area contributed by atoms with Crippen LogP contribution in [0.25, 0.3) is 0 Å². The van der Waals surface area contributed by atoms with Gasteiger partial charge in [-0.05, 0) is 13.8 Å². The van der Waals surface area contributed by atoms with Crippen LogP contribution in [-0.2, 0) is 14.3 Å². The Bertz CT molecular complexity index is 403. The molecule has 0 N–H and O–H groups in total. The molecular formula is C9H9Br2NO3. The topological polar surface area (TPSA) is 49.9 Å². The molecule has 0 radical (unpaired) electrons. The summed E-state index contributed by atoms with van der Waals surface area (Å²) in [4.78, 5) is 25.2. The van der Waals surface area contributed by atoms with E-state index in [2.05, 4.69) is 31.9 Å². The maximum atomic E-state index is 12.0. The number of amides is 2. The molecule has 4 nitrogen and oxygen atoms in total. The molecule has 4 atom stereocenters. The van der Waals surface area contributed by atoms with Crippen molar-refractivity contribution in [3.05, 3.63) is 0 Å². The van der Waals surface area contributed by atoms with Crippen molar-refractivity contribution < 1.29 is 14.3 Å². The molecule has 2 aliphatic heterocycles. The van der Waals surface area contributed by atoms with Gasteiger partial charge in [-0.2, -0.15) is 0 Å². The molecule has 6 heteroatoms. The van der Waals surface area contributed by atoms with Gasteiger partial charge < -0.3 is 4.74 Å². The van der Waals surface area contributed by atoms with Crippen LogP contribution >= 0.6 is 31.9 Å². The standard InChI is InChI=1S/C9H9Br2NO3/c1-6-7(2,15-6)9(11)5(14)12(3)4(13)8(6,9)10/h1-3H3/t6?,7?,8-,9+. The molecule has 3 fully saturated rings. The van der Waals surface area contributed by atoms with Gasteiger partial charge in [-0.1, -0.05) is 31.9 Å². The maximum Gasteiger partial charge on any atom is 0.251 e. The summed E-state index contributed by atoms with van der Waals surface area (Å²) in [6, 6.07) is 0. The number of rotatable bonds is 0. The van der Waals surface area contributed by atoms with E-state index in [4.69, 9.17) is 4.74 Å². The van der Waals surface area contributed by atoms with Crippen LogP contribution in [0.2, 0.25) is 0 Å². The van der Waals surface area contributed by atoms with Crippen molar-refractivity contribution in [2.45, 2.75) is 33.7 Å². The lowest BCUT2D eigenvalue weighted by molar-refractivity contribution is -0.137. The summed E-state index contributed by atoms with van der Waals surface area (Å²) in [6.45, 7) is 3.71. The fraction of sp³-hybridized carbons (Fsp3) is 0.778. The number of hydrogen-bond donors (Lipinski definition) is 0. The molecule has 2 saturated heterocycles. The number of hydrogen-bond acceptors (Lipinski definition) is 3. The zero-order valence-electron chi connectivity index (χ0n) is 8.43. The number of carbonyl (C=O) groups is 2. The van der Waals surface area contributed by atoms with Crippen LogP contribution in [0.5, 0.6) is 0 Å². The smallest absolute Gasteiger partial charge is 0.251 e. The minimum absolute atomic E-state index is 0.234. The summed E-state index contributed by atoms with van der Waals surface area (Å²) in [6.07, 6.45) is 0. The van der Waals surface area contributed by atoms with Crippen molar-refractivity contribution in [1.82, 2.24) is 4.90 Å². The monoisotopic (exact) mass is 337 g/mol. The Labute approximate surface area is 104 Å². The van der Waals surface area contributed by atoms with Crippen LogP contribution in [0, 0.1) is 0 Å². The summed E-state index contributed by atoms with van der Waals surface area (Å²) in [5.74, 6) is -0.469. The summed E-state index contributed by atoms with van der Waals surface area (Å²) in [5.41, 5.74) is -1.16. The Balaban J connectivity index is 2.26. The normalized spacial score (nSPS) is 61.3. The largest absolute Gasteiger partial charge is 0.359 e. The van der Waals surface area contributed by atoms with E-state index < -0.39 is 19.9 Å². The number of carbonyl (C=O) groups excluding carboxylic acids is 2. The fourth-order valence-electron chi connectivity index (χ4n) is 3.03. The van der Waals surface area contributed by atoms with Crippen LogP contribution < -0.4 is 0 Å². The van der Waals surface area contributed by atoms with Crippen LogP contribution in [0.1, 0.15) is 13.8 Å². The van der Waals surface area contributed by atoms with Crippen LogP contribution in [0.4, 0.5) is 0 Å². The van der Waals surface area contributed by atoms with Crippen LogP contribution in [0.3, 0.4) is 0 Å². The number of nitrogens with zero attached hydrogens (tertiary/aromatic N) is 1. The molecular weight excluding hydrogens is 330 g/mol. The van der Waals surface area contributed by atoms with Gasteiger partial charge in [0.2, 0.25) is 0 Å². The molecule has 3 rings (SSSR count). The molecule has 82 valence electrons. The Morgan fingerprint density at radius 1 is 1.07 bits per heavy atom. The second kappa shape index (κ2) is 2.07. The first-order chi connectivity index (χ1) is 6.68. The van der Waals surface area contributed by atoms with Gasteiger partial charge in [-0.25, -0.2) is 0 Å². The van der Waals surface area contributed by atoms with Gasteiger partial charge >= 0.3 is 0 Å². The second-order valence-corrected chi connectivity index (χ2v) is 7.03. The predicted octanol–water partition coefficient (Wildman–Crippen LogP) is 0.814. The molecule has 1 saturated carbocycles. The van der Waals surface area contributed by atoms with Gasteiger partial charge in [0.05, 0.1) is 0 Å². The third-order valence-electron chi connectivity index (χ3n) is 4.27. The molecule has 1 aliphatic carbocycles. The number of ether oxygens (including phenoxy) is 1. The maximum absolute atomic E-state index is 12.0. The Morgan fingerprint density at radius 3 is 1.73 bits per heavy atom. The first-order valence-corrected chi connectivity index (χ1v) is 6.17. The first-order valence-electron chi connectivity index (χ1n) is 4.59. The first kappa shape index (κ1) is 10.2. The summed E-state index contributed by atoms with van der Waals surface area (Å²) in [7, 11) is 1.50. The lowest BCUT2D eigenvalue weighted by Crippen LogP contribution is -2.75. The van der Waals surface area contributed by atoms with Gasteiger partial charge in [-0.3, -0.25) is 14.5 Å². The summed E-state index contributed by atoms with van der Waals surface area (Å²) < 4.78 is 3.70. The van der Waals surface area contributed by atoms with Crippen molar-refractivity contribution in [2.75, 3.05) is 7.05 Å². The number of alkyl halides is 2. The van der Waals surface area contributed by atoms with Crippen LogP contribution in [0.15, 0.2) is 0 Å². The van der Waals surface area contributed by atoms with Gasteiger partial charge in [0.25, 0.3) is 11.8 Å². The molecule has 2 heterocycles. The lowest BCUT2D eigenvalue weighted by atomic mass is 9.59. The van der Waals surface area contributed by atoms with E-state index in [0.29, 0.717) is 0 Å². The van der Waals surface area contributed by atoms with Crippen molar-refractivity contribution in [2.24, 2.45) is 0 Å². The molecule has 3 aliphatic rings. The SMILES string of the molecule is CN1C(=O)[C@@]2(Br)C3(C)OC3(C)[C@@]2(Br)C1=O. The zero-order valence-corrected chi connectivity index (χ0v) is 11.6. The van der Waals surface area contributed by atoms with Gasteiger partial charge in [0, 0.05) is 7.05 Å². The quantitative estimate of drug-likeness (QED) is 0.373. The van der Waals surface area contributed by atoms with E-state index in [1.165, 1.54) is 7.05 Å². The Hall–Kier alpha value is 0.0600. The summed E-state index contributed by atoms with van der Waals surface area (Å²) >= 11 is 6.82. The Kier molecular flexibility index (Phi) is 1.41. The van der Waals surface area contributed by atoms with Crippen molar-refractivity contribution in [3.63, 3.8) is 0 Å². The lowest BCUT2D eigenvalue weighted by Gasteiger charge is -2.48. The molecule has 0 aromatic heterocycles. The van der Waals surface area contributed by atoms with Gasteiger partial charge in [-0.15, -0.1) is 0 Å². The highest BCUT2D eigenvalue weighted by Crippen LogP contribution is 2.82. The highest BCUT2D eigenvalue weighted by molar-refractivity contribution is 9.13. The average molecular weight is 339 g/mol. The second-order valence-electron chi connectivity index (χ2n) is 4.65. The fourth-order valence-corrected chi connectivity index (χ4v) is 5.58. The number of epoxide rings is 1. The highest BCUT2D eigenvalue weighted by atomic mass is 79.9. The van der Waals surface area contributed by atoms with E-state index in [0.717, 1.165) is 4.90 Å². The zero-order chi connectivity index (χ0) is 11.4. The molecule has 2 amide bonds. The molecule has 0 aromatic carbocycles. The predicted molar refractivity (Wildman–Crippen MR) is 59.0 cm³/mol. The summed E-state index contributed by atoms with van der Waals surface area (Å²) in [5, 5.41) is 0. The van der Waals surface area contributed by atoms with E-state index >= 15 is 0 Å². The number of fused-ring (bicyclic) bond motifs is 4. The van der Waals surface area contributed by atoms with Gasteiger partial charge in [0.15, 0.2) is 8.65 Å². The molecule has 0 spiro atoms. The molecule has 0 bridgehead atoms. The highest BCUT2D eigenvalue weighted by Gasteiger charge is 3.03. The Morgan fingerprint density at radius 2 is 1.40 bits per heavy atom. The van der Waals surface area contributed by atoms with Crippen molar-refractivity contribution in [1.29, 1.82) is 0 Å². The van der Waals surface area contributed by atoms with Gasteiger partial charge in [0.1, 0.15) is 11.2 Å².